The van der Waals surface area contributed by atoms with Crippen LogP contribution in [-0.4, -0.2) is 23.9 Å². The molecule has 0 saturated heterocycles. The molecular weight excluding hydrogens is 205 g/mol. The first kappa shape index (κ1) is 12.7. The number of halogens is 1. The Morgan fingerprint density at radius 1 is 1.38 bits per heavy atom. The van der Waals surface area contributed by atoms with Crippen molar-refractivity contribution >= 4 is 5.91 Å². The predicted molar refractivity (Wildman–Crippen MR) is 62.9 cm³/mol. The summed E-state index contributed by atoms with van der Waals surface area (Å²) in [5, 5.41) is 0. The molecule has 0 atom stereocenters. The van der Waals surface area contributed by atoms with Crippen LogP contribution in [0.3, 0.4) is 0 Å². The van der Waals surface area contributed by atoms with Gasteiger partial charge in [0.05, 0.1) is 0 Å². The highest BCUT2D eigenvalue weighted by Gasteiger charge is 2.13. The molecule has 3 heteroatoms. The maximum Gasteiger partial charge on any atom is 0.253 e. The molecule has 1 rings (SSSR count). The first-order valence-corrected chi connectivity index (χ1v) is 5.73. The molecule has 1 aromatic rings. The maximum absolute atomic E-state index is 13.0. The first-order chi connectivity index (χ1) is 7.69. The quantitative estimate of drug-likeness (QED) is 0.751. The normalized spacial score (nSPS) is 10.2. The van der Waals surface area contributed by atoms with E-state index in [1.165, 1.54) is 12.1 Å². The number of rotatable bonds is 5. The first-order valence-electron chi connectivity index (χ1n) is 5.73. The fourth-order valence-corrected chi connectivity index (χ4v) is 1.56. The third-order valence-corrected chi connectivity index (χ3v) is 2.52. The molecule has 2 nitrogen and oxygen atoms in total. The molecule has 0 radical (unpaired) electrons. The molecule has 0 aromatic heterocycles. The van der Waals surface area contributed by atoms with Gasteiger partial charge in [-0.2, -0.15) is 0 Å². The number of carbonyl (C=O) groups excluding carboxylic acids is 1. The van der Waals surface area contributed by atoms with Gasteiger partial charge in [-0.25, -0.2) is 4.39 Å². The van der Waals surface area contributed by atoms with Crippen molar-refractivity contribution in [3.8, 4) is 0 Å². The summed E-state index contributed by atoms with van der Waals surface area (Å²) in [5.74, 6) is -0.451. The van der Waals surface area contributed by atoms with E-state index in [4.69, 9.17) is 0 Å². The molecule has 0 bridgehead atoms. The average molecular weight is 223 g/mol. The number of benzene rings is 1. The third kappa shape index (κ3) is 3.33. The van der Waals surface area contributed by atoms with Crippen LogP contribution in [-0.2, 0) is 0 Å². The summed E-state index contributed by atoms with van der Waals surface area (Å²) in [6, 6.07) is 5.85. The van der Waals surface area contributed by atoms with Crippen LogP contribution in [0.4, 0.5) is 4.39 Å². The lowest BCUT2D eigenvalue weighted by atomic mass is 10.2. The Morgan fingerprint density at radius 2 is 2.12 bits per heavy atom. The van der Waals surface area contributed by atoms with Gasteiger partial charge in [0.1, 0.15) is 5.82 Å². The van der Waals surface area contributed by atoms with Gasteiger partial charge in [0.15, 0.2) is 0 Å². The molecule has 0 N–H and O–H groups in total. The second-order valence-corrected chi connectivity index (χ2v) is 3.75. The number of hydrogen-bond acceptors (Lipinski definition) is 1. The lowest BCUT2D eigenvalue weighted by Crippen LogP contribution is -2.31. The molecule has 88 valence electrons. The molecule has 0 unspecified atom stereocenters. The monoisotopic (exact) mass is 223 g/mol. The Kier molecular flexibility index (Phi) is 4.96. The van der Waals surface area contributed by atoms with Gasteiger partial charge in [-0.3, -0.25) is 4.79 Å². The summed E-state index contributed by atoms with van der Waals surface area (Å²) in [5.41, 5.74) is 0.429. The SMILES string of the molecule is CCCCN(CC)C(=O)c1cccc(F)c1. The molecule has 0 saturated carbocycles. The van der Waals surface area contributed by atoms with Gasteiger partial charge in [-0.15, -0.1) is 0 Å². The fraction of sp³-hybridized carbons (Fsp3) is 0.462. The zero-order valence-electron chi connectivity index (χ0n) is 9.87. The van der Waals surface area contributed by atoms with E-state index in [1.807, 2.05) is 6.92 Å². The van der Waals surface area contributed by atoms with Gasteiger partial charge in [0.25, 0.3) is 5.91 Å². The van der Waals surface area contributed by atoms with Crippen LogP contribution in [0.25, 0.3) is 0 Å². The fourth-order valence-electron chi connectivity index (χ4n) is 1.56. The highest BCUT2D eigenvalue weighted by atomic mass is 19.1. The molecule has 0 fully saturated rings. The standard InChI is InChI=1S/C13H18FNO/c1-3-5-9-15(4-2)13(16)11-7-6-8-12(14)10-11/h6-8,10H,3-5,9H2,1-2H3. The van der Waals surface area contributed by atoms with E-state index in [9.17, 15) is 9.18 Å². The van der Waals surface area contributed by atoms with Gasteiger partial charge in [0.2, 0.25) is 0 Å². The van der Waals surface area contributed by atoms with Gasteiger partial charge < -0.3 is 4.90 Å². The molecule has 0 spiro atoms. The van der Waals surface area contributed by atoms with E-state index in [-0.39, 0.29) is 11.7 Å². The van der Waals surface area contributed by atoms with E-state index >= 15 is 0 Å². The van der Waals surface area contributed by atoms with E-state index < -0.39 is 0 Å². The Balaban J connectivity index is 2.74. The summed E-state index contributed by atoms with van der Waals surface area (Å²) in [6.07, 6.45) is 2.03. The molecule has 1 aromatic carbocycles. The summed E-state index contributed by atoms with van der Waals surface area (Å²) in [7, 11) is 0. The highest BCUT2D eigenvalue weighted by Crippen LogP contribution is 2.08. The number of hydrogen-bond donors (Lipinski definition) is 0. The smallest absolute Gasteiger partial charge is 0.253 e. The van der Waals surface area contributed by atoms with Crippen molar-refractivity contribution in [1.82, 2.24) is 4.90 Å². The van der Waals surface area contributed by atoms with Gasteiger partial charge >= 0.3 is 0 Å². The summed E-state index contributed by atoms with van der Waals surface area (Å²) >= 11 is 0. The molecule has 0 aliphatic carbocycles. The Morgan fingerprint density at radius 3 is 2.69 bits per heavy atom. The zero-order valence-corrected chi connectivity index (χ0v) is 9.87. The maximum atomic E-state index is 13.0. The molecule has 0 heterocycles. The third-order valence-electron chi connectivity index (χ3n) is 2.52. The van der Waals surface area contributed by atoms with Crippen LogP contribution in [0.2, 0.25) is 0 Å². The van der Waals surface area contributed by atoms with Crippen molar-refractivity contribution in [3.63, 3.8) is 0 Å². The Labute approximate surface area is 96.1 Å². The van der Waals surface area contributed by atoms with Gasteiger partial charge in [0, 0.05) is 18.7 Å². The minimum atomic E-state index is -0.364. The molecule has 16 heavy (non-hydrogen) atoms. The van der Waals surface area contributed by atoms with E-state index in [0.717, 1.165) is 19.4 Å². The summed E-state index contributed by atoms with van der Waals surface area (Å²) < 4.78 is 13.0. The van der Waals surface area contributed by atoms with Crippen LogP contribution in [0.1, 0.15) is 37.0 Å². The lowest BCUT2D eigenvalue weighted by Gasteiger charge is -2.20. The Bertz CT molecular complexity index is 352. The summed E-state index contributed by atoms with van der Waals surface area (Å²) in [4.78, 5) is 13.7. The number of carbonyl (C=O) groups is 1. The predicted octanol–water partition coefficient (Wildman–Crippen LogP) is 3.09. The Hall–Kier alpha value is -1.38. The average Bonchev–Trinajstić information content (AvgIpc) is 2.29. The van der Waals surface area contributed by atoms with Crippen molar-refractivity contribution in [2.24, 2.45) is 0 Å². The van der Waals surface area contributed by atoms with E-state index in [1.54, 1.807) is 17.0 Å². The van der Waals surface area contributed by atoms with Crippen LogP contribution >= 0.6 is 0 Å². The second kappa shape index (κ2) is 6.26. The molecule has 0 aliphatic heterocycles. The van der Waals surface area contributed by atoms with Crippen molar-refractivity contribution in [2.45, 2.75) is 26.7 Å². The summed E-state index contributed by atoms with van der Waals surface area (Å²) in [6.45, 7) is 5.42. The highest BCUT2D eigenvalue weighted by molar-refractivity contribution is 5.94. The second-order valence-electron chi connectivity index (χ2n) is 3.75. The van der Waals surface area contributed by atoms with E-state index in [0.29, 0.717) is 12.1 Å². The zero-order chi connectivity index (χ0) is 12.0. The molecule has 1 amide bonds. The van der Waals surface area contributed by atoms with Gasteiger partial charge in [-0.1, -0.05) is 19.4 Å². The molecular formula is C13H18FNO. The topological polar surface area (TPSA) is 20.3 Å². The van der Waals surface area contributed by atoms with Crippen molar-refractivity contribution in [2.75, 3.05) is 13.1 Å². The number of amides is 1. The van der Waals surface area contributed by atoms with Crippen molar-refractivity contribution in [1.29, 1.82) is 0 Å². The molecule has 0 aliphatic rings. The van der Waals surface area contributed by atoms with Crippen LogP contribution < -0.4 is 0 Å². The van der Waals surface area contributed by atoms with Crippen LogP contribution in [0.5, 0.6) is 0 Å². The van der Waals surface area contributed by atoms with Crippen LogP contribution in [0, 0.1) is 5.82 Å². The lowest BCUT2D eigenvalue weighted by molar-refractivity contribution is 0.0762. The number of unbranched alkanes of at least 4 members (excludes halogenated alkanes) is 1. The van der Waals surface area contributed by atoms with Gasteiger partial charge in [-0.05, 0) is 31.5 Å². The largest absolute Gasteiger partial charge is 0.339 e. The van der Waals surface area contributed by atoms with E-state index in [2.05, 4.69) is 6.92 Å². The van der Waals surface area contributed by atoms with Crippen molar-refractivity contribution < 1.29 is 9.18 Å². The van der Waals surface area contributed by atoms with Crippen molar-refractivity contribution in [3.05, 3.63) is 35.6 Å². The van der Waals surface area contributed by atoms with Crippen LogP contribution in [0.15, 0.2) is 24.3 Å². The minimum absolute atomic E-state index is 0.0875. The minimum Gasteiger partial charge on any atom is -0.339 e. The number of nitrogens with zero attached hydrogens (tertiary/aromatic N) is 1.